The Morgan fingerprint density at radius 3 is 2.47 bits per heavy atom. The second kappa shape index (κ2) is 6.28. The van der Waals surface area contributed by atoms with Gasteiger partial charge in [-0.3, -0.25) is 19.3 Å². The quantitative estimate of drug-likeness (QED) is 0.619. The van der Waals surface area contributed by atoms with E-state index in [2.05, 4.69) is 18.8 Å². The fourth-order valence-corrected chi connectivity index (χ4v) is 9.88. The van der Waals surface area contributed by atoms with E-state index in [9.17, 15) is 27.6 Å². The molecule has 6 unspecified atom stereocenters. The number of aromatic nitrogens is 1. The molecular weight excluding hydrogens is 461 g/mol. The first-order valence-electron chi connectivity index (χ1n) is 10.5. The Morgan fingerprint density at radius 1 is 1.09 bits per heavy atom. The molecule has 32 heavy (non-hydrogen) atoms. The van der Waals surface area contributed by atoms with Crippen LogP contribution in [0.5, 0.6) is 0 Å². The number of H-pyrrole nitrogens is 1. The third kappa shape index (κ3) is 2.50. The lowest BCUT2D eigenvalue weighted by Crippen LogP contribution is -2.48. The molecule has 1 aromatic carbocycles. The van der Waals surface area contributed by atoms with Crippen LogP contribution < -0.4 is 9.77 Å². The lowest BCUT2D eigenvalue weighted by molar-refractivity contribution is -0.137. The summed E-state index contributed by atoms with van der Waals surface area (Å²) in [5, 5.41) is 0.939. The van der Waals surface area contributed by atoms with Crippen molar-refractivity contribution >= 4 is 40.6 Å². The van der Waals surface area contributed by atoms with Crippen LogP contribution in [0, 0.1) is 29.6 Å². The molecule has 2 saturated carbocycles. The molecule has 1 saturated heterocycles. The molecule has 2 aromatic rings. The zero-order valence-electron chi connectivity index (χ0n) is 17.1. The predicted octanol–water partition coefficient (Wildman–Crippen LogP) is 4.28. The number of anilines is 1. The first-order chi connectivity index (χ1) is 15.0. The maximum absolute atomic E-state index is 13.4. The molecule has 3 heterocycles. The Balaban J connectivity index is 1.40. The van der Waals surface area contributed by atoms with E-state index in [0.29, 0.717) is 0 Å². The highest BCUT2D eigenvalue weighted by Crippen LogP contribution is 2.69. The van der Waals surface area contributed by atoms with Gasteiger partial charge in [-0.2, -0.15) is 13.2 Å². The molecule has 168 valence electrons. The molecule has 1 aromatic heterocycles. The molecule has 2 bridgehead atoms. The van der Waals surface area contributed by atoms with Gasteiger partial charge in [-0.15, -0.1) is 11.8 Å². The molecule has 0 radical (unpaired) electrons. The van der Waals surface area contributed by atoms with Crippen molar-refractivity contribution in [1.29, 1.82) is 0 Å². The van der Waals surface area contributed by atoms with Crippen molar-refractivity contribution in [3.05, 3.63) is 44.4 Å². The lowest BCUT2D eigenvalue weighted by atomic mass is 9.64. The minimum Gasteiger partial charge on any atom is -0.307 e. The number of nitrogens with one attached hydrogen (secondary N) is 1. The maximum Gasteiger partial charge on any atom is 0.416 e. The smallest absolute Gasteiger partial charge is 0.307 e. The molecule has 10 heteroatoms. The van der Waals surface area contributed by atoms with E-state index in [1.165, 1.54) is 23.5 Å². The van der Waals surface area contributed by atoms with Crippen LogP contribution in [-0.4, -0.2) is 22.0 Å². The zero-order chi connectivity index (χ0) is 22.7. The standard InChI is InChI=1S/C22H19F3N2O3S2/c1-21(2)14-10-7-11(15(14)31-17-16(21)32-20(30)26-17)13-12(10)18(28)27(19(13)29)9-5-3-4-8(6-9)22(23,24)25/h3-6,10-15H,7H2,1-2H3,(H,26,30). The van der Waals surface area contributed by atoms with Crippen molar-refractivity contribution < 1.29 is 22.8 Å². The summed E-state index contributed by atoms with van der Waals surface area (Å²) in [4.78, 5) is 43.6. The van der Waals surface area contributed by atoms with Gasteiger partial charge in [0.2, 0.25) is 11.8 Å². The van der Waals surface area contributed by atoms with E-state index in [1.54, 1.807) is 11.8 Å². The number of hydrogen-bond acceptors (Lipinski definition) is 5. The number of carbonyl (C=O) groups excluding carboxylic acids is 2. The summed E-state index contributed by atoms with van der Waals surface area (Å²) >= 11 is 2.79. The largest absolute Gasteiger partial charge is 0.416 e. The molecule has 6 atom stereocenters. The normalized spacial score (nSPS) is 34.6. The third-order valence-electron chi connectivity index (χ3n) is 7.82. The summed E-state index contributed by atoms with van der Waals surface area (Å²) in [6.07, 6.45) is -3.80. The summed E-state index contributed by atoms with van der Waals surface area (Å²) < 4.78 is 39.6. The number of benzene rings is 1. The molecule has 2 amide bonds. The fraction of sp³-hybridized carbons (Fsp3) is 0.500. The monoisotopic (exact) mass is 480 g/mol. The molecule has 2 aliphatic carbocycles. The molecule has 4 aliphatic rings. The van der Waals surface area contributed by atoms with Crippen LogP contribution in [0.4, 0.5) is 18.9 Å². The highest BCUT2D eigenvalue weighted by Gasteiger charge is 2.70. The minimum absolute atomic E-state index is 0.0121. The topological polar surface area (TPSA) is 70.2 Å². The Morgan fingerprint density at radius 2 is 1.78 bits per heavy atom. The van der Waals surface area contributed by atoms with Crippen LogP contribution in [0.1, 0.15) is 30.7 Å². The number of halogens is 3. The van der Waals surface area contributed by atoms with Gasteiger partial charge in [0.15, 0.2) is 0 Å². The van der Waals surface area contributed by atoms with Gasteiger partial charge in [0.05, 0.1) is 28.1 Å². The molecule has 1 N–H and O–H groups in total. The number of aromatic amines is 1. The van der Waals surface area contributed by atoms with Crippen molar-refractivity contribution in [1.82, 2.24) is 4.98 Å². The Hall–Kier alpha value is -2.07. The number of fused-ring (bicyclic) bond motifs is 9. The number of alkyl halides is 3. The van der Waals surface area contributed by atoms with E-state index in [1.807, 2.05) is 0 Å². The van der Waals surface area contributed by atoms with Crippen LogP contribution in [0.25, 0.3) is 0 Å². The van der Waals surface area contributed by atoms with Gasteiger partial charge in [-0.1, -0.05) is 31.3 Å². The van der Waals surface area contributed by atoms with Crippen LogP contribution >= 0.6 is 23.1 Å². The molecule has 0 spiro atoms. The van der Waals surface area contributed by atoms with Gasteiger partial charge >= 0.3 is 11.0 Å². The van der Waals surface area contributed by atoms with Crippen LogP contribution in [-0.2, 0) is 21.2 Å². The summed E-state index contributed by atoms with van der Waals surface area (Å²) in [6, 6.07) is 4.44. The van der Waals surface area contributed by atoms with Crippen molar-refractivity contribution in [3.8, 4) is 0 Å². The van der Waals surface area contributed by atoms with Crippen molar-refractivity contribution in [2.75, 3.05) is 4.90 Å². The highest BCUT2D eigenvalue weighted by atomic mass is 32.2. The Kier molecular flexibility index (Phi) is 4.03. The lowest BCUT2D eigenvalue weighted by Gasteiger charge is -2.47. The van der Waals surface area contributed by atoms with Crippen molar-refractivity contribution in [3.63, 3.8) is 0 Å². The number of thioether (sulfide) groups is 1. The number of thiazole rings is 1. The summed E-state index contributed by atoms with van der Waals surface area (Å²) in [6.45, 7) is 4.18. The van der Waals surface area contributed by atoms with Gasteiger partial charge in [0, 0.05) is 15.5 Å². The summed E-state index contributed by atoms with van der Waals surface area (Å²) in [7, 11) is 0. The second-order valence-electron chi connectivity index (χ2n) is 9.68. The zero-order valence-corrected chi connectivity index (χ0v) is 18.7. The SMILES string of the molecule is CC1(C)c2sc(=O)[nH]c2SC2C3CC(C4C(=O)N(c5cccc(C(F)(F)F)c5)C(=O)C34)C21. The molecule has 3 fully saturated rings. The minimum atomic E-state index is -4.55. The first kappa shape index (κ1) is 20.5. The van der Waals surface area contributed by atoms with Gasteiger partial charge < -0.3 is 4.98 Å². The van der Waals surface area contributed by atoms with Crippen molar-refractivity contribution in [2.45, 2.75) is 42.1 Å². The maximum atomic E-state index is 13.4. The Bertz CT molecular complexity index is 1230. The second-order valence-corrected chi connectivity index (χ2v) is 11.8. The first-order valence-corrected chi connectivity index (χ1v) is 12.1. The van der Waals surface area contributed by atoms with Crippen LogP contribution in [0.3, 0.4) is 0 Å². The van der Waals surface area contributed by atoms with Crippen LogP contribution in [0.15, 0.2) is 34.1 Å². The third-order valence-corrected chi connectivity index (χ3v) is 10.6. The van der Waals surface area contributed by atoms with Gasteiger partial charge in [-0.05, 0) is 42.4 Å². The molecule has 5 nitrogen and oxygen atoms in total. The summed E-state index contributed by atoms with van der Waals surface area (Å²) in [5.41, 5.74) is -1.22. The van der Waals surface area contributed by atoms with E-state index in [-0.39, 0.29) is 44.9 Å². The predicted molar refractivity (Wildman–Crippen MR) is 114 cm³/mol. The van der Waals surface area contributed by atoms with Gasteiger partial charge in [0.25, 0.3) is 0 Å². The average molecular weight is 481 g/mol. The van der Waals surface area contributed by atoms with Crippen molar-refractivity contribution in [2.24, 2.45) is 29.6 Å². The number of hydrogen-bond donors (Lipinski definition) is 1. The van der Waals surface area contributed by atoms with Gasteiger partial charge in [0.1, 0.15) is 0 Å². The number of carbonyl (C=O) groups is 2. The number of amides is 2. The summed E-state index contributed by atoms with van der Waals surface area (Å²) in [5.74, 6) is -1.76. The number of rotatable bonds is 1. The Labute approximate surface area is 189 Å². The average Bonchev–Trinajstić information content (AvgIpc) is 3.43. The molecule has 2 aliphatic heterocycles. The van der Waals surface area contributed by atoms with E-state index < -0.39 is 29.5 Å². The molecular formula is C22H19F3N2O3S2. The fourth-order valence-electron chi connectivity index (χ4n) is 6.73. The van der Waals surface area contributed by atoms with E-state index >= 15 is 0 Å². The van der Waals surface area contributed by atoms with E-state index in [0.717, 1.165) is 33.4 Å². The van der Waals surface area contributed by atoms with E-state index in [4.69, 9.17) is 0 Å². The number of nitrogens with zero attached hydrogens (tertiary/aromatic N) is 1. The highest BCUT2D eigenvalue weighted by molar-refractivity contribution is 8.00. The van der Waals surface area contributed by atoms with Crippen LogP contribution in [0.2, 0.25) is 0 Å². The molecule has 6 rings (SSSR count). The number of imide groups is 1. The van der Waals surface area contributed by atoms with Gasteiger partial charge in [-0.25, -0.2) is 0 Å².